The zero-order chi connectivity index (χ0) is 17.8. The minimum Gasteiger partial charge on any atom is -0.461 e. The molecular formula is C18H27IN6OS. The number of aromatic nitrogens is 3. The minimum absolute atomic E-state index is 0. The number of furan rings is 1. The molecule has 0 radical (unpaired) electrons. The second kappa shape index (κ2) is 9.31. The highest BCUT2D eigenvalue weighted by Crippen LogP contribution is 2.42. The number of guanidine groups is 1. The van der Waals surface area contributed by atoms with Gasteiger partial charge in [-0.15, -0.1) is 29.1 Å². The number of thioether (sulfide) groups is 1. The van der Waals surface area contributed by atoms with E-state index in [9.17, 15) is 0 Å². The topological polar surface area (TPSA) is 82.3 Å². The molecule has 27 heavy (non-hydrogen) atoms. The lowest BCUT2D eigenvalue weighted by Crippen LogP contribution is -2.53. The second-order valence-electron chi connectivity index (χ2n) is 7.00. The Hall–Kier alpha value is -1.23. The monoisotopic (exact) mass is 502 g/mol. The van der Waals surface area contributed by atoms with Crippen molar-refractivity contribution in [1.29, 1.82) is 0 Å². The molecule has 0 aromatic carbocycles. The van der Waals surface area contributed by atoms with Gasteiger partial charge in [-0.05, 0) is 25.0 Å². The maximum atomic E-state index is 5.34. The molecule has 7 nitrogen and oxygen atoms in total. The van der Waals surface area contributed by atoms with Gasteiger partial charge in [-0.1, -0.05) is 19.3 Å². The molecule has 2 aromatic heterocycles. The first-order valence-electron chi connectivity index (χ1n) is 9.33. The van der Waals surface area contributed by atoms with Crippen LogP contribution in [0.2, 0.25) is 0 Å². The Morgan fingerprint density at radius 3 is 3.00 bits per heavy atom. The molecule has 0 atom stereocenters. The number of rotatable bonds is 3. The standard InChI is InChI=1S/C18H26N6OS.HI/c1-19-17(24-9-11-26-18(13-24)7-3-2-4-8-18)20-12-15-21-16(23-22-15)14-6-5-10-25-14;/h5-6,10H,2-4,7-9,11-13H2,1H3,(H,19,20)(H,21,22,23);1H. The smallest absolute Gasteiger partial charge is 0.216 e. The van der Waals surface area contributed by atoms with E-state index in [-0.39, 0.29) is 24.0 Å². The number of aromatic amines is 1. The van der Waals surface area contributed by atoms with Crippen LogP contribution in [-0.2, 0) is 6.54 Å². The van der Waals surface area contributed by atoms with Crippen molar-refractivity contribution in [2.24, 2.45) is 4.99 Å². The Morgan fingerprint density at radius 1 is 1.41 bits per heavy atom. The van der Waals surface area contributed by atoms with Crippen LogP contribution in [0.3, 0.4) is 0 Å². The zero-order valence-corrected chi connectivity index (χ0v) is 18.8. The van der Waals surface area contributed by atoms with E-state index >= 15 is 0 Å². The predicted octanol–water partition coefficient (Wildman–Crippen LogP) is 3.51. The lowest BCUT2D eigenvalue weighted by molar-refractivity contribution is 0.293. The van der Waals surface area contributed by atoms with E-state index < -0.39 is 0 Å². The third kappa shape index (κ3) is 4.79. The van der Waals surface area contributed by atoms with Crippen LogP contribution in [0.15, 0.2) is 27.8 Å². The van der Waals surface area contributed by atoms with Gasteiger partial charge in [0.05, 0.1) is 12.8 Å². The fourth-order valence-corrected chi connectivity index (χ4v) is 5.48. The van der Waals surface area contributed by atoms with Crippen LogP contribution in [0.5, 0.6) is 0 Å². The summed E-state index contributed by atoms with van der Waals surface area (Å²) in [7, 11) is 1.85. The lowest BCUT2D eigenvalue weighted by atomic mass is 9.87. The summed E-state index contributed by atoms with van der Waals surface area (Å²) in [4.78, 5) is 11.4. The SMILES string of the molecule is CN=C(NCc1nc(-c2ccco2)n[nH]1)N1CCSC2(CCCCC2)C1.I. The Kier molecular flexibility index (Phi) is 7.07. The number of hydrogen-bond acceptors (Lipinski definition) is 5. The number of halogens is 1. The Balaban J connectivity index is 0.00000210. The van der Waals surface area contributed by atoms with Crippen molar-refractivity contribution in [3.05, 3.63) is 24.2 Å². The second-order valence-corrected chi connectivity index (χ2v) is 8.56. The molecule has 1 aliphatic carbocycles. The Bertz CT molecular complexity index is 735. The third-order valence-electron chi connectivity index (χ3n) is 5.21. The number of hydrogen-bond donors (Lipinski definition) is 2. The highest BCUT2D eigenvalue weighted by atomic mass is 127. The summed E-state index contributed by atoms with van der Waals surface area (Å²) < 4.78 is 5.76. The molecule has 0 amide bonds. The van der Waals surface area contributed by atoms with Crippen molar-refractivity contribution >= 4 is 41.7 Å². The maximum absolute atomic E-state index is 5.34. The summed E-state index contributed by atoms with van der Waals surface area (Å²) in [6.45, 7) is 2.70. The molecule has 1 spiro atoms. The Morgan fingerprint density at radius 2 is 2.26 bits per heavy atom. The van der Waals surface area contributed by atoms with Gasteiger partial charge < -0.3 is 14.6 Å². The van der Waals surface area contributed by atoms with Crippen LogP contribution >= 0.6 is 35.7 Å². The third-order valence-corrected chi connectivity index (χ3v) is 6.75. The normalized spacial score (nSPS) is 19.7. The first-order chi connectivity index (χ1) is 12.8. The summed E-state index contributed by atoms with van der Waals surface area (Å²) in [5.41, 5.74) is 0. The molecular weight excluding hydrogens is 475 g/mol. The van der Waals surface area contributed by atoms with Gasteiger partial charge in [0.25, 0.3) is 0 Å². The first kappa shape index (κ1) is 20.5. The molecule has 2 fully saturated rings. The van der Waals surface area contributed by atoms with E-state index in [4.69, 9.17) is 4.42 Å². The summed E-state index contributed by atoms with van der Waals surface area (Å²) in [5.74, 6) is 4.15. The predicted molar refractivity (Wildman–Crippen MR) is 120 cm³/mol. The van der Waals surface area contributed by atoms with E-state index in [0.717, 1.165) is 24.9 Å². The van der Waals surface area contributed by atoms with Gasteiger partial charge in [0.1, 0.15) is 5.82 Å². The molecule has 0 unspecified atom stereocenters. The summed E-state index contributed by atoms with van der Waals surface area (Å²) in [5, 5.41) is 10.6. The van der Waals surface area contributed by atoms with E-state index in [0.29, 0.717) is 22.9 Å². The van der Waals surface area contributed by atoms with Crippen molar-refractivity contribution in [2.75, 3.05) is 25.9 Å². The highest BCUT2D eigenvalue weighted by molar-refractivity contribution is 14.0. The molecule has 0 bridgehead atoms. The molecule has 2 N–H and O–H groups in total. The van der Waals surface area contributed by atoms with Gasteiger partial charge in [0.2, 0.25) is 5.82 Å². The summed E-state index contributed by atoms with van der Waals surface area (Å²) in [6, 6.07) is 3.69. The molecule has 1 aliphatic heterocycles. The molecule has 3 heterocycles. The Labute approximate surface area is 181 Å². The largest absolute Gasteiger partial charge is 0.461 e. The van der Waals surface area contributed by atoms with Crippen LogP contribution in [0, 0.1) is 0 Å². The first-order valence-corrected chi connectivity index (χ1v) is 10.3. The van der Waals surface area contributed by atoms with Crippen LogP contribution in [0.25, 0.3) is 11.6 Å². The highest BCUT2D eigenvalue weighted by Gasteiger charge is 2.38. The van der Waals surface area contributed by atoms with E-state index in [2.05, 4.69) is 42.2 Å². The number of aliphatic imine (C=N–C) groups is 1. The molecule has 1 saturated carbocycles. The van der Waals surface area contributed by atoms with Crippen molar-refractivity contribution < 1.29 is 4.42 Å². The molecule has 148 valence electrons. The summed E-state index contributed by atoms with van der Waals surface area (Å²) in [6.07, 6.45) is 8.40. The molecule has 9 heteroatoms. The van der Waals surface area contributed by atoms with Gasteiger partial charge in [-0.2, -0.15) is 11.8 Å². The van der Waals surface area contributed by atoms with Crippen molar-refractivity contribution in [3.8, 4) is 11.6 Å². The molecule has 2 aromatic rings. The zero-order valence-electron chi connectivity index (χ0n) is 15.6. The maximum Gasteiger partial charge on any atom is 0.216 e. The van der Waals surface area contributed by atoms with E-state index in [1.54, 1.807) is 6.26 Å². The number of nitrogens with one attached hydrogen (secondary N) is 2. The van der Waals surface area contributed by atoms with E-state index in [1.807, 2.05) is 19.2 Å². The number of nitrogens with zero attached hydrogens (tertiary/aromatic N) is 4. The average Bonchev–Trinajstić information content (AvgIpc) is 3.35. The van der Waals surface area contributed by atoms with Gasteiger partial charge in [0, 0.05) is 30.6 Å². The minimum atomic E-state index is 0. The van der Waals surface area contributed by atoms with Gasteiger partial charge in [-0.3, -0.25) is 10.1 Å². The lowest BCUT2D eigenvalue weighted by Gasteiger charge is -2.45. The molecule has 2 aliphatic rings. The van der Waals surface area contributed by atoms with Crippen LogP contribution in [0.1, 0.15) is 37.9 Å². The van der Waals surface area contributed by atoms with Gasteiger partial charge in [0.15, 0.2) is 11.7 Å². The van der Waals surface area contributed by atoms with Crippen LogP contribution in [-0.4, -0.2) is 56.7 Å². The molecule has 1 saturated heterocycles. The summed E-state index contributed by atoms with van der Waals surface area (Å²) >= 11 is 2.17. The fourth-order valence-electron chi connectivity index (χ4n) is 3.91. The van der Waals surface area contributed by atoms with E-state index in [1.165, 1.54) is 37.9 Å². The van der Waals surface area contributed by atoms with Crippen molar-refractivity contribution in [1.82, 2.24) is 25.4 Å². The number of H-pyrrole nitrogens is 1. The molecule has 4 rings (SSSR count). The van der Waals surface area contributed by atoms with Crippen LogP contribution in [0.4, 0.5) is 0 Å². The van der Waals surface area contributed by atoms with Crippen LogP contribution < -0.4 is 5.32 Å². The van der Waals surface area contributed by atoms with Crippen molar-refractivity contribution in [2.45, 2.75) is 43.4 Å². The van der Waals surface area contributed by atoms with Gasteiger partial charge in [-0.25, -0.2) is 4.98 Å². The van der Waals surface area contributed by atoms with Gasteiger partial charge >= 0.3 is 0 Å². The average molecular weight is 502 g/mol. The van der Waals surface area contributed by atoms with Crippen molar-refractivity contribution in [3.63, 3.8) is 0 Å². The fraction of sp³-hybridized carbons (Fsp3) is 0.611. The quantitative estimate of drug-likeness (QED) is 0.380.